The van der Waals surface area contributed by atoms with Crippen LogP contribution in [-0.2, 0) is 0 Å². The van der Waals surface area contributed by atoms with Crippen molar-refractivity contribution in [3.05, 3.63) is 75.3 Å². The van der Waals surface area contributed by atoms with Crippen LogP contribution < -0.4 is 5.56 Å². The summed E-state index contributed by atoms with van der Waals surface area (Å²) < 4.78 is 1.23. The molecule has 0 fully saturated rings. The molecule has 3 rings (SSSR count). The average molecular weight is 322 g/mol. The van der Waals surface area contributed by atoms with E-state index in [-0.39, 0.29) is 16.9 Å². The summed E-state index contributed by atoms with van der Waals surface area (Å²) in [6.07, 6.45) is 4.70. The van der Waals surface area contributed by atoms with Gasteiger partial charge >= 0.3 is 5.97 Å². The van der Waals surface area contributed by atoms with Crippen LogP contribution in [0.4, 0.5) is 0 Å². The van der Waals surface area contributed by atoms with Crippen molar-refractivity contribution in [3.8, 4) is 5.75 Å². The van der Waals surface area contributed by atoms with Gasteiger partial charge in [-0.2, -0.15) is 0 Å². The average Bonchev–Trinajstić information content (AvgIpc) is 2.56. The lowest BCUT2D eigenvalue weighted by Crippen LogP contribution is -2.20. The predicted octanol–water partition coefficient (Wildman–Crippen LogP) is 2.58. The number of phenolic OH excluding ortho intramolecular Hbond substituents is 1. The Morgan fingerprint density at radius 2 is 2.00 bits per heavy atom. The van der Waals surface area contributed by atoms with Gasteiger partial charge in [0, 0.05) is 11.8 Å². The number of carbonyl (C=O) groups is 1. The van der Waals surface area contributed by atoms with E-state index in [0.717, 1.165) is 5.56 Å². The van der Waals surface area contributed by atoms with E-state index in [2.05, 4.69) is 4.98 Å². The van der Waals surface area contributed by atoms with Crippen LogP contribution in [-0.4, -0.2) is 25.6 Å². The zero-order valence-corrected chi connectivity index (χ0v) is 12.8. The van der Waals surface area contributed by atoms with Gasteiger partial charge in [0.2, 0.25) is 0 Å². The van der Waals surface area contributed by atoms with Crippen LogP contribution in [0.15, 0.2) is 47.4 Å². The summed E-state index contributed by atoms with van der Waals surface area (Å²) in [4.78, 5) is 27.9. The molecule has 0 saturated heterocycles. The van der Waals surface area contributed by atoms with Crippen LogP contribution in [0.3, 0.4) is 0 Å². The van der Waals surface area contributed by atoms with Gasteiger partial charge in [-0.05, 0) is 42.8 Å². The minimum atomic E-state index is -1.10. The third-order valence-corrected chi connectivity index (χ3v) is 3.64. The first kappa shape index (κ1) is 15.5. The molecule has 0 bridgehead atoms. The van der Waals surface area contributed by atoms with Crippen molar-refractivity contribution in [2.24, 2.45) is 0 Å². The largest absolute Gasteiger partial charge is 0.508 e. The Kier molecular flexibility index (Phi) is 3.87. The topological polar surface area (TPSA) is 91.9 Å². The molecule has 2 aromatic heterocycles. The number of pyridine rings is 1. The van der Waals surface area contributed by atoms with Gasteiger partial charge in [-0.25, -0.2) is 9.78 Å². The van der Waals surface area contributed by atoms with E-state index in [1.807, 2.05) is 6.07 Å². The molecular weight excluding hydrogens is 308 g/mol. The third-order valence-electron chi connectivity index (χ3n) is 3.64. The van der Waals surface area contributed by atoms with Gasteiger partial charge in [-0.1, -0.05) is 18.2 Å². The van der Waals surface area contributed by atoms with E-state index in [9.17, 15) is 14.7 Å². The van der Waals surface area contributed by atoms with Crippen LogP contribution in [0.2, 0.25) is 0 Å². The number of rotatable bonds is 3. The number of phenols is 1. The van der Waals surface area contributed by atoms with Crippen molar-refractivity contribution in [1.29, 1.82) is 0 Å². The molecule has 0 saturated carbocycles. The Balaban J connectivity index is 2.09. The predicted molar refractivity (Wildman–Crippen MR) is 90.2 cm³/mol. The minimum absolute atomic E-state index is 0.0221. The Morgan fingerprint density at radius 1 is 1.21 bits per heavy atom. The van der Waals surface area contributed by atoms with Crippen LogP contribution in [0.5, 0.6) is 5.75 Å². The highest BCUT2D eigenvalue weighted by Gasteiger charge is 2.09. The number of carboxylic acid groups (broad SMARTS) is 1. The summed E-state index contributed by atoms with van der Waals surface area (Å²) >= 11 is 0. The van der Waals surface area contributed by atoms with Crippen molar-refractivity contribution in [2.45, 2.75) is 6.92 Å². The molecular formula is C18H14N2O4. The highest BCUT2D eigenvalue weighted by Crippen LogP contribution is 2.14. The molecule has 2 heterocycles. The van der Waals surface area contributed by atoms with Gasteiger partial charge in [0.1, 0.15) is 11.4 Å². The fourth-order valence-corrected chi connectivity index (χ4v) is 2.34. The van der Waals surface area contributed by atoms with E-state index in [1.54, 1.807) is 37.3 Å². The van der Waals surface area contributed by atoms with Gasteiger partial charge < -0.3 is 10.2 Å². The molecule has 0 amide bonds. The number of aromatic carboxylic acids is 1. The van der Waals surface area contributed by atoms with Crippen LogP contribution in [0, 0.1) is 6.92 Å². The molecule has 0 unspecified atom stereocenters. The SMILES string of the molecule is Cc1c(C=Cc2cccc(O)c2)nc2ccc(C(=O)O)cn2c1=O. The Bertz CT molecular complexity index is 1030. The molecule has 3 aromatic rings. The van der Waals surface area contributed by atoms with E-state index < -0.39 is 5.97 Å². The fourth-order valence-electron chi connectivity index (χ4n) is 2.34. The number of hydrogen-bond acceptors (Lipinski definition) is 4. The highest BCUT2D eigenvalue weighted by molar-refractivity contribution is 5.87. The van der Waals surface area contributed by atoms with Gasteiger partial charge in [0.05, 0.1) is 11.3 Å². The van der Waals surface area contributed by atoms with Crippen LogP contribution >= 0.6 is 0 Å². The van der Waals surface area contributed by atoms with Crippen molar-refractivity contribution in [3.63, 3.8) is 0 Å². The number of benzene rings is 1. The normalized spacial score (nSPS) is 11.2. The number of hydrogen-bond donors (Lipinski definition) is 2. The second-order valence-electron chi connectivity index (χ2n) is 5.31. The maximum Gasteiger partial charge on any atom is 0.337 e. The summed E-state index contributed by atoms with van der Waals surface area (Å²) in [7, 11) is 0. The van der Waals surface area contributed by atoms with Gasteiger partial charge in [0.15, 0.2) is 0 Å². The quantitative estimate of drug-likeness (QED) is 0.773. The fraction of sp³-hybridized carbons (Fsp3) is 0.0556. The van der Waals surface area contributed by atoms with E-state index in [1.165, 1.54) is 22.7 Å². The first-order valence-corrected chi connectivity index (χ1v) is 7.19. The summed E-state index contributed by atoms with van der Waals surface area (Å²) in [5.41, 5.74) is 1.74. The molecule has 0 spiro atoms. The molecule has 24 heavy (non-hydrogen) atoms. The standard InChI is InChI=1S/C18H14N2O4/c1-11-15(7-5-12-3-2-4-14(21)9-12)19-16-8-6-13(18(23)24)10-20(16)17(11)22/h2-10,21H,1H3,(H,23,24). The smallest absolute Gasteiger partial charge is 0.337 e. The molecule has 0 aliphatic rings. The van der Waals surface area contributed by atoms with E-state index in [4.69, 9.17) is 5.11 Å². The van der Waals surface area contributed by atoms with Gasteiger partial charge in [-0.15, -0.1) is 0 Å². The molecule has 1 aromatic carbocycles. The number of aromatic hydroxyl groups is 1. The maximum absolute atomic E-state index is 12.4. The second-order valence-corrected chi connectivity index (χ2v) is 5.31. The second kappa shape index (κ2) is 6.00. The molecule has 0 aliphatic carbocycles. The number of carboxylic acids is 1. The summed E-state index contributed by atoms with van der Waals surface area (Å²) in [5, 5.41) is 18.5. The monoisotopic (exact) mass is 322 g/mol. The summed E-state index contributed by atoms with van der Waals surface area (Å²) in [6.45, 7) is 1.64. The van der Waals surface area contributed by atoms with Gasteiger partial charge in [-0.3, -0.25) is 9.20 Å². The van der Waals surface area contributed by atoms with Crippen molar-refractivity contribution >= 4 is 23.8 Å². The zero-order valence-electron chi connectivity index (χ0n) is 12.8. The Labute approximate surface area is 137 Å². The van der Waals surface area contributed by atoms with Crippen molar-refractivity contribution < 1.29 is 15.0 Å². The Hall–Kier alpha value is -3.41. The molecule has 6 nitrogen and oxygen atoms in total. The van der Waals surface area contributed by atoms with E-state index in [0.29, 0.717) is 16.9 Å². The van der Waals surface area contributed by atoms with Gasteiger partial charge in [0.25, 0.3) is 5.56 Å². The van der Waals surface area contributed by atoms with E-state index >= 15 is 0 Å². The molecule has 0 atom stereocenters. The number of aromatic nitrogens is 2. The highest BCUT2D eigenvalue weighted by atomic mass is 16.4. The van der Waals surface area contributed by atoms with Crippen LogP contribution in [0.25, 0.3) is 17.8 Å². The molecule has 0 radical (unpaired) electrons. The Morgan fingerprint density at radius 3 is 2.71 bits per heavy atom. The molecule has 6 heteroatoms. The lowest BCUT2D eigenvalue weighted by molar-refractivity contribution is 0.0696. The molecule has 2 N–H and O–H groups in total. The summed E-state index contributed by atoms with van der Waals surface area (Å²) in [6, 6.07) is 9.61. The third kappa shape index (κ3) is 2.89. The first-order chi connectivity index (χ1) is 11.5. The summed E-state index contributed by atoms with van der Waals surface area (Å²) in [5.74, 6) is -0.948. The molecule has 120 valence electrons. The first-order valence-electron chi connectivity index (χ1n) is 7.19. The lowest BCUT2D eigenvalue weighted by Gasteiger charge is -2.06. The zero-order chi connectivity index (χ0) is 17.3. The van der Waals surface area contributed by atoms with Crippen molar-refractivity contribution in [1.82, 2.24) is 9.38 Å². The molecule has 0 aliphatic heterocycles. The maximum atomic E-state index is 12.4. The minimum Gasteiger partial charge on any atom is -0.508 e. The van der Waals surface area contributed by atoms with Crippen molar-refractivity contribution in [2.75, 3.05) is 0 Å². The lowest BCUT2D eigenvalue weighted by atomic mass is 10.1. The number of nitrogens with zero attached hydrogens (tertiary/aromatic N) is 2. The number of fused-ring (bicyclic) bond motifs is 1. The van der Waals surface area contributed by atoms with Crippen LogP contribution in [0.1, 0.15) is 27.2 Å².